The summed E-state index contributed by atoms with van der Waals surface area (Å²) in [5, 5.41) is 10.1. The number of benzene rings is 2. The Balaban J connectivity index is 1.34. The number of rotatable bonds is 8. The number of carbonyl (C=O) groups excluding carboxylic acids is 2. The molecule has 1 aliphatic rings. The van der Waals surface area contributed by atoms with Crippen LogP contribution in [0.2, 0.25) is 0 Å². The minimum absolute atomic E-state index is 0.0617. The van der Waals surface area contributed by atoms with Gasteiger partial charge >= 0.3 is 0 Å². The standard InChI is InChI=1S/C23H25N5O5/c1-32-23(20(30)13-33-17-5-3-16(29)4-6-17)28-9-8-27(21(31)12-28)11-15-2-7-18-19(10-15)25-14-26-22(18)24/h2-7,10,14,23,29H,8-9,11-13H2,1H3,(H2,24,25,26). The molecule has 172 valence electrons. The van der Waals surface area contributed by atoms with Crippen molar-refractivity contribution in [3.63, 3.8) is 0 Å². The highest BCUT2D eigenvalue weighted by atomic mass is 16.5. The number of Topliss-reactive ketones (excluding diaryl/α,β-unsaturated/α-hetero) is 1. The second kappa shape index (κ2) is 9.80. The van der Waals surface area contributed by atoms with Crippen LogP contribution in [0.1, 0.15) is 5.56 Å². The summed E-state index contributed by atoms with van der Waals surface area (Å²) in [7, 11) is 1.43. The van der Waals surface area contributed by atoms with Gasteiger partial charge in [0.25, 0.3) is 0 Å². The molecule has 4 rings (SSSR count). The number of ether oxygens (including phenoxy) is 2. The summed E-state index contributed by atoms with van der Waals surface area (Å²) in [4.78, 5) is 37.1. The SMILES string of the molecule is COC(C(=O)COc1ccc(O)cc1)N1CCN(Cc2ccc3c(N)ncnc3c2)C(=O)C1. The van der Waals surface area contributed by atoms with Crippen LogP contribution in [-0.2, 0) is 20.9 Å². The van der Waals surface area contributed by atoms with E-state index in [0.29, 0.717) is 31.2 Å². The molecular weight excluding hydrogens is 426 g/mol. The summed E-state index contributed by atoms with van der Waals surface area (Å²) in [6, 6.07) is 11.7. The van der Waals surface area contributed by atoms with Crippen LogP contribution >= 0.6 is 0 Å². The lowest BCUT2D eigenvalue weighted by atomic mass is 10.1. The summed E-state index contributed by atoms with van der Waals surface area (Å²) in [6.07, 6.45) is 0.534. The largest absolute Gasteiger partial charge is 0.508 e. The molecule has 3 aromatic rings. The number of ketones is 1. The zero-order valence-electron chi connectivity index (χ0n) is 18.2. The van der Waals surface area contributed by atoms with Gasteiger partial charge in [-0.15, -0.1) is 0 Å². The van der Waals surface area contributed by atoms with E-state index < -0.39 is 6.23 Å². The van der Waals surface area contributed by atoms with Gasteiger partial charge in [-0.3, -0.25) is 14.5 Å². The molecule has 10 nitrogen and oxygen atoms in total. The Morgan fingerprint density at radius 2 is 1.97 bits per heavy atom. The van der Waals surface area contributed by atoms with Gasteiger partial charge in [-0.2, -0.15) is 0 Å². The van der Waals surface area contributed by atoms with E-state index in [9.17, 15) is 14.7 Å². The van der Waals surface area contributed by atoms with E-state index in [4.69, 9.17) is 15.2 Å². The van der Waals surface area contributed by atoms with Crippen LogP contribution in [-0.4, -0.2) is 76.1 Å². The van der Waals surface area contributed by atoms with Crippen LogP contribution in [0.4, 0.5) is 5.82 Å². The molecule has 33 heavy (non-hydrogen) atoms. The van der Waals surface area contributed by atoms with E-state index in [-0.39, 0.29) is 30.6 Å². The van der Waals surface area contributed by atoms with E-state index in [0.717, 1.165) is 16.5 Å². The number of nitrogens with two attached hydrogens (primary N) is 1. The van der Waals surface area contributed by atoms with Crippen molar-refractivity contribution in [3.8, 4) is 11.5 Å². The van der Waals surface area contributed by atoms with Crippen LogP contribution in [0.25, 0.3) is 10.9 Å². The van der Waals surface area contributed by atoms with Gasteiger partial charge in [-0.25, -0.2) is 9.97 Å². The van der Waals surface area contributed by atoms with Crippen molar-refractivity contribution in [2.75, 3.05) is 39.1 Å². The van der Waals surface area contributed by atoms with Gasteiger partial charge in [0, 0.05) is 32.1 Å². The molecule has 1 atom stereocenters. The van der Waals surface area contributed by atoms with E-state index in [1.165, 1.54) is 25.6 Å². The summed E-state index contributed by atoms with van der Waals surface area (Å²) in [5.41, 5.74) is 7.54. The van der Waals surface area contributed by atoms with Crippen molar-refractivity contribution >= 4 is 28.4 Å². The molecule has 1 unspecified atom stereocenters. The number of hydrogen-bond donors (Lipinski definition) is 2. The van der Waals surface area contributed by atoms with Crippen molar-refractivity contribution in [2.45, 2.75) is 12.8 Å². The third-order valence-electron chi connectivity index (χ3n) is 5.50. The molecule has 0 spiro atoms. The number of piperazine rings is 1. The van der Waals surface area contributed by atoms with Gasteiger partial charge in [-0.1, -0.05) is 6.07 Å². The molecule has 3 N–H and O–H groups in total. The first-order chi connectivity index (χ1) is 15.9. The maximum absolute atomic E-state index is 12.8. The average Bonchev–Trinajstić information content (AvgIpc) is 2.81. The van der Waals surface area contributed by atoms with Gasteiger partial charge in [0.1, 0.15) is 23.6 Å². The van der Waals surface area contributed by atoms with E-state index in [1.807, 2.05) is 18.2 Å². The number of anilines is 1. The Morgan fingerprint density at radius 1 is 1.18 bits per heavy atom. The first-order valence-corrected chi connectivity index (χ1v) is 10.4. The predicted molar refractivity (Wildman–Crippen MR) is 120 cm³/mol. The number of aromatic nitrogens is 2. The molecular formula is C23H25N5O5. The lowest BCUT2D eigenvalue weighted by Crippen LogP contribution is -2.56. The lowest BCUT2D eigenvalue weighted by Gasteiger charge is -2.37. The zero-order chi connectivity index (χ0) is 23.4. The summed E-state index contributed by atoms with van der Waals surface area (Å²) in [5.74, 6) is 0.595. The first-order valence-electron chi connectivity index (χ1n) is 10.4. The van der Waals surface area contributed by atoms with E-state index in [2.05, 4.69) is 9.97 Å². The molecule has 2 heterocycles. The number of nitrogens with zero attached hydrogens (tertiary/aromatic N) is 4. The van der Waals surface area contributed by atoms with Gasteiger partial charge in [0.05, 0.1) is 12.1 Å². The van der Waals surface area contributed by atoms with Crippen molar-refractivity contribution in [1.29, 1.82) is 0 Å². The molecule has 0 radical (unpaired) electrons. The molecule has 1 fully saturated rings. The molecule has 1 amide bonds. The predicted octanol–water partition coefficient (Wildman–Crippen LogP) is 1.18. The second-order valence-electron chi connectivity index (χ2n) is 7.73. The van der Waals surface area contributed by atoms with Crippen LogP contribution < -0.4 is 10.5 Å². The fourth-order valence-corrected chi connectivity index (χ4v) is 3.79. The topological polar surface area (TPSA) is 131 Å². The maximum Gasteiger partial charge on any atom is 0.237 e. The first kappa shape index (κ1) is 22.4. The van der Waals surface area contributed by atoms with Crippen molar-refractivity contribution in [3.05, 3.63) is 54.4 Å². The molecule has 0 bridgehead atoms. The third-order valence-corrected chi connectivity index (χ3v) is 5.50. The number of phenolic OH excluding ortho intramolecular Hbond substituents is 1. The van der Waals surface area contributed by atoms with Crippen LogP contribution in [0.3, 0.4) is 0 Å². The van der Waals surface area contributed by atoms with Gasteiger partial charge < -0.3 is 25.2 Å². The number of nitrogen functional groups attached to an aromatic ring is 1. The molecule has 2 aromatic carbocycles. The highest BCUT2D eigenvalue weighted by molar-refractivity contribution is 5.88. The average molecular weight is 451 g/mol. The lowest BCUT2D eigenvalue weighted by molar-refractivity contribution is -0.153. The zero-order valence-corrected chi connectivity index (χ0v) is 18.2. The molecule has 0 aliphatic carbocycles. The number of carbonyl (C=O) groups is 2. The Labute approximate surface area is 190 Å². The smallest absolute Gasteiger partial charge is 0.237 e. The molecule has 1 aromatic heterocycles. The number of fused-ring (bicyclic) bond motifs is 1. The molecule has 0 saturated carbocycles. The number of phenols is 1. The van der Waals surface area contributed by atoms with Crippen molar-refractivity contribution < 1.29 is 24.2 Å². The summed E-state index contributed by atoms with van der Waals surface area (Å²) >= 11 is 0. The minimum Gasteiger partial charge on any atom is -0.508 e. The monoisotopic (exact) mass is 451 g/mol. The number of hydrogen-bond acceptors (Lipinski definition) is 9. The molecule has 1 aliphatic heterocycles. The Hall–Kier alpha value is -3.76. The number of methoxy groups -OCH3 is 1. The van der Waals surface area contributed by atoms with E-state index in [1.54, 1.807) is 21.9 Å². The van der Waals surface area contributed by atoms with Gasteiger partial charge in [0.15, 0.2) is 12.8 Å². The van der Waals surface area contributed by atoms with Crippen molar-refractivity contribution in [1.82, 2.24) is 19.8 Å². The quantitative estimate of drug-likeness (QED) is 0.518. The van der Waals surface area contributed by atoms with Crippen LogP contribution in [0, 0.1) is 0 Å². The minimum atomic E-state index is -0.881. The third kappa shape index (κ3) is 5.18. The van der Waals surface area contributed by atoms with Gasteiger partial charge in [0.2, 0.25) is 11.7 Å². The Kier molecular flexibility index (Phi) is 6.66. The van der Waals surface area contributed by atoms with Crippen molar-refractivity contribution in [2.24, 2.45) is 0 Å². The fourth-order valence-electron chi connectivity index (χ4n) is 3.79. The summed E-state index contributed by atoms with van der Waals surface area (Å²) in [6.45, 7) is 1.22. The van der Waals surface area contributed by atoms with Crippen LogP contribution in [0.15, 0.2) is 48.8 Å². The summed E-state index contributed by atoms with van der Waals surface area (Å²) < 4.78 is 10.9. The maximum atomic E-state index is 12.8. The molecule has 10 heteroatoms. The van der Waals surface area contributed by atoms with Crippen LogP contribution in [0.5, 0.6) is 11.5 Å². The Morgan fingerprint density at radius 3 is 2.70 bits per heavy atom. The highest BCUT2D eigenvalue weighted by Gasteiger charge is 2.33. The Bertz CT molecular complexity index is 1150. The highest BCUT2D eigenvalue weighted by Crippen LogP contribution is 2.20. The normalized spacial score (nSPS) is 15.5. The molecule has 1 saturated heterocycles. The second-order valence-corrected chi connectivity index (χ2v) is 7.73. The van der Waals surface area contributed by atoms with Gasteiger partial charge in [-0.05, 0) is 42.0 Å². The fraction of sp³-hybridized carbons (Fsp3) is 0.304. The number of amides is 1. The van der Waals surface area contributed by atoms with E-state index >= 15 is 0 Å². The number of aromatic hydroxyl groups is 1.